The number of esters is 2. The lowest BCUT2D eigenvalue weighted by Crippen LogP contribution is -2.34. The van der Waals surface area contributed by atoms with E-state index in [1.807, 2.05) is 13.8 Å². The van der Waals surface area contributed by atoms with E-state index >= 15 is 0 Å². The van der Waals surface area contributed by atoms with Gasteiger partial charge in [0.1, 0.15) is 6.29 Å². The average molecular weight is 947 g/mol. The van der Waals surface area contributed by atoms with Gasteiger partial charge in [0.05, 0.1) is 32.6 Å². The van der Waals surface area contributed by atoms with Crippen LogP contribution < -0.4 is 0 Å². The van der Waals surface area contributed by atoms with Crippen LogP contribution in [0.1, 0.15) is 198 Å². The van der Waals surface area contributed by atoms with Crippen LogP contribution in [-0.4, -0.2) is 50.8 Å². The summed E-state index contributed by atoms with van der Waals surface area (Å²) in [5.41, 5.74) is 11.8. The highest BCUT2D eigenvalue weighted by molar-refractivity contribution is 7.54. The van der Waals surface area contributed by atoms with Crippen molar-refractivity contribution in [3.8, 4) is 0 Å². The number of ether oxygens (including phenoxy) is 2. The number of aldehydes is 1. The van der Waals surface area contributed by atoms with Gasteiger partial charge < -0.3 is 23.3 Å². The number of benzene rings is 2. The van der Waals surface area contributed by atoms with E-state index in [9.17, 15) is 18.9 Å². The number of carbonyl (C=O) groups is 3. The summed E-state index contributed by atoms with van der Waals surface area (Å²) in [6.45, 7) is 35.6. The first-order valence-electron chi connectivity index (χ1n) is 24.2. The van der Waals surface area contributed by atoms with E-state index in [-0.39, 0.29) is 65.4 Å². The van der Waals surface area contributed by atoms with Crippen molar-refractivity contribution in [2.45, 2.75) is 197 Å². The number of rotatable bonds is 15. The van der Waals surface area contributed by atoms with Gasteiger partial charge in [-0.05, 0) is 152 Å². The molecule has 0 aromatic heterocycles. The van der Waals surface area contributed by atoms with Crippen LogP contribution in [-0.2, 0) is 70.0 Å². The molecule has 67 heavy (non-hydrogen) atoms. The van der Waals surface area contributed by atoms with Gasteiger partial charge in [-0.1, -0.05) is 138 Å². The lowest BCUT2D eigenvalue weighted by atomic mass is 9.62. The second-order valence-corrected chi connectivity index (χ2v) is 24.0. The molecule has 376 valence electrons. The van der Waals surface area contributed by atoms with Crippen LogP contribution in [0.15, 0.2) is 71.8 Å². The monoisotopic (exact) mass is 947 g/mol. The lowest BCUT2D eigenvalue weighted by Gasteiger charge is -2.42. The molecule has 0 aliphatic heterocycles. The molecule has 0 amide bonds. The summed E-state index contributed by atoms with van der Waals surface area (Å²) in [6, 6.07) is 14.2. The number of carbonyl (C=O) groups excluding carboxylic acids is 3. The fourth-order valence-corrected chi connectivity index (χ4v) is 11.5. The van der Waals surface area contributed by atoms with E-state index in [1.54, 1.807) is 33.8 Å². The quantitative estimate of drug-likeness (QED) is 0.0571. The molecule has 2 aromatic rings. The minimum atomic E-state index is -3.13. The van der Waals surface area contributed by atoms with Crippen molar-refractivity contribution in [3.63, 3.8) is 0 Å². The molecule has 4 atom stereocenters. The van der Waals surface area contributed by atoms with Crippen molar-refractivity contribution in [2.24, 2.45) is 11.8 Å². The Labute approximate surface area is 408 Å². The molecule has 0 unspecified atom stereocenters. The van der Waals surface area contributed by atoms with Crippen LogP contribution in [0.3, 0.4) is 0 Å². The molecule has 4 aliphatic carbocycles. The van der Waals surface area contributed by atoms with Gasteiger partial charge in [0.2, 0.25) is 0 Å². The first kappa shape index (κ1) is 59.5. The Kier molecular flexibility index (Phi) is 20.8. The maximum absolute atomic E-state index is 12.1. The third kappa shape index (κ3) is 14.7. The molecule has 2 saturated carbocycles. The summed E-state index contributed by atoms with van der Waals surface area (Å²) in [7, 11) is -3.13. The van der Waals surface area contributed by atoms with Crippen molar-refractivity contribution < 1.29 is 37.5 Å². The van der Waals surface area contributed by atoms with Crippen LogP contribution >= 0.6 is 7.60 Å². The SMILES string of the molecule is C.C.CC1(C)CCC(C)(C)c2cc([C@@]3(C)C[C@H]3C=O)ccc21.CCOC(=O)/C=C(C)/C=C/[C@@H]1C[C@]1(C)c1ccc2c(c1)C(C)(C)CCC2(C)C.CCOC(=O)/C=C(\C)CP(=O)(OCC)OCC. The van der Waals surface area contributed by atoms with Gasteiger partial charge >= 0.3 is 19.5 Å². The molecule has 8 nitrogen and oxygen atoms in total. The minimum Gasteiger partial charge on any atom is -0.463 e. The summed E-state index contributed by atoms with van der Waals surface area (Å²) in [5.74, 6) is 0.0448. The molecular formula is C58H91O8P. The molecule has 0 spiro atoms. The Balaban J connectivity index is 0.000000353. The smallest absolute Gasteiger partial charge is 0.334 e. The van der Waals surface area contributed by atoms with E-state index in [4.69, 9.17) is 18.5 Å². The molecule has 2 fully saturated rings. The number of fused-ring (bicyclic) bond motifs is 2. The van der Waals surface area contributed by atoms with E-state index in [0.29, 0.717) is 37.9 Å². The second-order valence-electron chi connectivity index (χ2n) is 22.0. The second kappa shape index (κ2) is 23.4. The van der Waals surface area contributed by atoms with Gasteiger partial charge in [0.15, 0.2) is 0 Å². The van der Waals surface area contributed by atoms with Crippen LogP contribution in [0.25, 0.3) is 0 Å². The van der Waals surface area contributed by atoms with Gasteiger partial charge in [-0.25, -0.2) is 9.59 Å². The molecule has 0 saturated heterocycles. The number of hydrogen-bond donors (Lipinski definition) is 0. The molecular weight excluding hydrogens is 856 g/mol. The molecule has 0 heterocycles. The summed E-state index contributed by atoms with van der Waals surface area (Å²) in [4.78, 5) is 33.8. The topological polar surface area (TPSA) is 105 Å². The fourth-order valence-electron chi connectivity index (χ4n) is 9.77. The zero-order valence-corrected chi connectivity index (χ0v) is 43.9. The first-order chi connectivity index (χ1) is 30.2. The van der Waals surface area contributed by atoms with Crippen molar-refractivity contribution in [1.29, 1.82) is 0 Å². The summed E-state index contributed by atoms with van der Waals surface area (Å²) < 4.78 is 32.1. The standard InChI is InChI=1S/C26H36O2.C19H26O.C11H21O5P.2CH4/c1-8-28-23(27)15-18(2)9-10-20-17-26(20,7)19-11-12-21-22(16-19)25(5,6)14-13-24(21,3)4;1-17(2)8-9-18(3,4)16-10-13(6-7-15(16)17)19(5)11-14(19)12-20;1-5-14-11(12)8-10(4)9-17(13,15-6-2)16-7-3;;/h9-12,15-16,20H,8,13-14,17H2,1-7H3;6-7,10,12,14H,8-9,11H2,1-5H3;8H,5-7,9H2,1-4H3;2*1H4/b10-9+,18-15+;;10-8+;;/t20-,26-;14-,19+;;;/m10.../s1. The van der Waals surface area contributed by atoms with E-state index in [0.717, 1.165) is 18.3 Å². The molecule has 2 aromatic carbocycles. The highest BCUT2D eigenvalue weighted by atomic mass is 31.2. The molecule has 6 rings (SSSR count). The molecule has 4 aliphatic rings. The largest absolute Gasteiger partial charge is 0.463 e. The molecule has 9 heteroatoms. The van der Waals surface area contributed by atoms with Gasteiger partial charge in [0, 0.05) is 23.5 Å². The predicted molar refractivity (Wildman–Crippen MR) is 280 cm³/mol. The Bertz CT molecular complexity index is 2160. The predicted octanol–water partition coefficient (Wildman–Crippen LogP) is 14.9. The lowest BCUT2D eigenvalue weighted by molar-refractivity contribution is -0.138. The molecule has 0 N–H and O–H groups in total. The van der Waals surface area contributed by atoms with E-state index in [2.05, 4.69) is 118 Å². The number of allylic oxidation sites excluding steroid dienone is 4. The summed E-state index contributed by atoms with van der Waals surface area (Å²) in [5, 5.41) is 0. The van der Waals surface area contributed by atoms with Crippen LogP contribution in [0.4, 0.5) is 0 Å². The average Bonchev–Trinajstić information content (AvgIpc) is 4.11. The van der Waals surface area contributed by atoms with Gasteiger partial charge in [-0.15, -0.1) is 0 Å². The van der Waals surface area contributed by atoms with E-state index < -0.39 is 13.6 Å². The Morgan fingerprint density at radius 1 is 0.597 bits per heavy atom. The van der Waals surface area contributed by atoms with Crippen molar-refractivity contribution in [3.05, 3.63) is 105 Å². The Hall–Kier alpha value is -3.58. The minimum absolute atomic E-state index is 0. The highest BCUT2D eigenvalue weighted by Gasteiger charge is 2.52. The van der Waals surface area contributed by atoms with E-state index in [1.165, 1.54) is 71.6 Å². The van der Waals surface area contributed by atoms with Crippen molar-refractivity contribution in [2.75, 3.05) is 32.6 Å². The van der Waals surface area contributed by atoms with Gasteiger partial charge in [0.25, 0.3) is 0 Å². The zero-order chi connectivity index (χ0) is 48.8. The van der Waals surface area contributed by atoms with Crippen LogP contribution in [0, 0.1) is 11.8 Å². The van der Waals surface area contributed by atoms with Gasteiger partial charge in [-0.2, -0.15) is 0 Å². The Morgan fingerprint density at radius 3 is 1.37 bits per heavy atom. The zero-order valence-electron chi connectivity index (χ0n) is 43.0. The van der Waals surface area contributed by atoms with Crippen LogP contribution in [0.5, 0.6) is 0 Å². The maximum Gasteiger partial charge on any atom is 0.334 e. The normalized spacial score (nSPS) is 24.9. The first-order valence-corrected chi connectivity index (χ1v) is 25.9. The Morgan fingerprint density at radius 2 is 0.985 bits per heavy atom. The fraction of sp³-hybridized carbons (Fsp3) is 0.638. The molecule has 0 radical (unpaired) electrons. The highest BCUT2D eigenvalue weighted by Crippen LogP contribution is 2.57. The maximum atomic E-state index is 12.1. The van der Waals surface area contributed by atoms with Crippen LogP contribution in [0.2, 0.25) is 0 Å². The van der Waals surface area contributed by atoms with Crippen molar-refractivity contribution in [1.82, 2.24) is 0 Å². The van der Waals surface area contributed by atoms with Crippen molar-refractivity contribution >= 4 is 25.8 Å². The van der Waals surface area contributed by atoms with Gasteiger partial charge in [-0.3, -0.25) is 4.57 Å². The summed E-state index contributed by atoms with van der Waals surface area (Å²) in [6.07, 6.45) is 15.6. The third-order valence-corrected chi connectivity index (χ3v) is 17.0. The third-order valence-electron chi connectivity index (χ3n) is 14.8. The number of hydrogen-bond acceptors (Lipinski definition) is 8. The molecule has 0 bridgehead atoms. The summed E-state index contributed by atoms with van der Waals surface area (Å²) >= 11 is 0.